The first kappa shape index (κ1) is 13.5. The first-order chi connectivity index (χ1) is 8.50. The molecule has 1 fully saturated rings. The van der Waals surface area contributed by atoms with Gasteiger partial charge in [-0.25, -0.2) is 4.79 Å². The van der Waals surface area contributed by atoms with Crippen LogP contribution in [0, 0.1) is 0 Å². The molecular formula is C12H11Br2NO3. The Hall–Kier alpha value is -0.880. The van der Waals surface area contributed by atoms with Crippen LogP contribution in [-0.4, -0.2) is 34.5 Å². The van der Waals surface area contributed by atoms with Gasteiger partial charge in [-0.15, -0.1) is 0 Å². The summed E-state index contributed by atoms with van der Waals surface area (Å²) in [6.07, 6.45) is 1.25. The van der Waals surface area contributed by atoms with Crippen LogP contribution >= 0.6 is 31.9 Å². The number of halogens is 2. The van der Waals surface area contributed by atoms with Crippen molar-refractivity contribution in [3.05, 3.63) is 32.7 Å². The number of hydrogen-bond acceptors (Lipinski definition) is 2. The fourth-order valence-electron chi connectivity index (χ4n) is 2.08. The maximum absolute atomic E-state index is 12.3. The van der Waals surface area contributed by atoms with Crippen molar-refractivity contribution in [3.8, 4) is 0 Å². The van der Waals surface area contributed by atoms with E-state index in [1.807, 2.05) is 6.07 Å². The van der Waals surface area contributed by atoms with Gasteiger partial charge in [-0.05, 0) is 47.0 Å². The molecule has 0 unspecified atom stereocenters. The van der Waals surface area contributed by atoms with Crippen molar-refractivity contribution in [1.82, 2.24) is 4.90 Å². The summed E-state index contributed by atoms with van der Waals surface area (Å²) in [4.78, 5) is 24.9. The fourth-order valence-corrected chi connectivity index (χ4v) is 2.86. The molecular weight excluding hydrogens is 366 g/mol. The Morgan fingerprint density at radius 2 is 2.06 bits per heavy atom. The van der Waals surface area contributed by atoms with Crippen molar-refractivity contribution in [3.63, 3.8) is 0 Å². The second-order valence-electron chi connectivity index (χ2n) is 4.12. The summed E-state index contributed by atoms with van der Waals surface area (Å²) in [7, 11) is 0. The van der Waals surface area contributed by atoms with E-state index in [9.17, 15) is 9.59 Å². The molecule has 0 radical (unpaired) electrons. The molecule has 1 amide bonds. The average molecular weight is 377 g/mol. The van der Waals surface area contributed by atoms with Crippen LogP contribution in [0.4, 0.5) is 0 Å². The second kappa shape index (κ2) is 5.40. The van der Waals surface area contributed by atoms with Crippen LogP contribution in [0.1, 0.15) is 23.2 Å². The van der Waals surface area contributed by atoms with E-state index >= 15 is 0 Å². The minimum atomic E-state index is -0.938. The third-order valence-electron chi connectivity index (χ3n) is 2.96. The lowest BCUT2D eigenvalue weighted by atomic mass is 10.1. The van der Waals surface area contributed by atoms with Crippen LogP contribution < -0.4 is 0 Å². The number of nitrogens with zero attached hydrogens (tertiary/aromatic N) is 1. The molecule has 1 atom stereocenters. The van der Waals surface area contributed by atoms with Gasteiger partial charge < -0.3 is 10.0 Å². The Morgan fingerprint density at radius 3 is 2.72 bits per heavy atom. The first-order valence-corrected chi connectivity index (χ1v) is 7.08. The Bertz CT molecular complexity index is 504. The maximum Gasteiger partial charge on any atom is 0.326 e. The molecule has 0 aromatic heterocycles. The lowest BCUT2D eigenvalue weighted by molar-refractivity contribution is -0.141. The van der Waals surface area contributed by atoms with Crippen LogP contribution in [-0.2, 0) is 4.79 Å². The SMILES string of the molecule is O=C(O)[C@@H]1CCCN1C(=O)c1cc(Br)ccc1Br. The average Bonchev–Trinajstić information content (AvgIpc) is 2.80. The normalized spacial score (nSPS) is 19.0. The second-order valence-corrected chi connectivity index (χ2v) is 5.89. The summed E-state index contributed by atoms with van der Waals surface area (Å²) in [6.45, 7) is 0.495. The van der Waals surface area contributed by atoms with E-state index in [1.54, 1.807) is 12.1 Å². The Balaban J connectivity index is 2.31. The minimum Gasteiger partial charge on any atom is -0.480 e. The van der Waals surface area contributed by atoms with Gasteiger partial charge in [-0.3, -0.25) is 4.79 Å². The zero-order chi connectivity index (χ0) is 13.3. The molecule has 0 saturated carbocycles. The van der Waals surface area contributed by atoms with Crippen molar-refractivity contribution in [2.24, 2.45) is 0 Å². The van der Waals surface area contributed by atoms with E-state index in [0.29, 0.717) is 23.0 Å². The number of amides is 1. The molecule has 1 saturated heterocycles. The number of benzene rings is 1. The quantitative estimate of drug-likeness (QED) is 0.863. The van der Waals surface area contributed by atoms with Gasteiger partial charge in [0.2, 0.25) is 0 Å². The summed E-state index contributed by atoms with van der Waals surface area (Å²) >= 11 is 6.63. The first-order valence-electron chi connectivity index (χ1n) is 5.49. The molecule has 6 heteroatoms. The number of carbonyl (C=O) groups is 2. The molecule has 1 N–H and O–H groups in total. The molecule has 1 aromatic carbocycles. The highest BCUT2D eigenvalue weighted by Crippen LogP contribution is 2.26. The third kappa shape index (κ3) is 2.59. The number of likely N-dealkylation sites (tertiary alicyclic amines) is 1. The summed E-state index contributed by atoms with van der Waals surface area (Å²) in [5.41, 5.74) is 0.484. The Labute approximate surface area is 121 Å². The summed E-state index contributed by atoms with van der Waals surface area (Å²) in [5, 5.41) is 9.09. The molecule has 1 heterocycles. The number of carbonyl (C=O) groups excluding carboxylic acids is 1. The number of hydrogen-bond donors (Lipinski definition) is 1. The lowest BCUT2D eigenvalue weighted by Gasteiger charge is -2.22. The van der Waals surface area contributed by atoms with E-state index < -0.39 is 12.0 Å². The van der Waals surface area contributed by atoms with Gasteiger partial charge in [0, 0.05) is 15.5 Å². The van der Waals surface area contributed by atoms with Crippen LogP contribution in [0.5, 0.6) is 0 Å². The molecule has 18 heavy (non-hydrogen) atoms. The van der Waals surface area contributed by atoms with Crippen LogP contribution in [0.15, 0.2) is 27.1 Å². The van der Waals surface area contributed by atoms with Gasteiger partial charge in [0.05, 0.1) is 5.56 Å². The highest BCUT2D eigenvalue weighted by atomic mass is 79.9. The van der Waals surface area contributed by atoms with Crippen LogP contribution in [0.3, 0.4) is 0 Å². The lowest BCUT2D eigenvalue weighted by Crippen LogP contribution is -2.40. The highest BCUT2D eigenvalue weighted by molar-refractivity contribution is 9.11. The molecule has 4 nitrogen and oxygen atoms in total. The zero-order valence-corrected chi connectivity index (χ0v) is 12.6. The van der Waals surface area contributed by atoms with E-state index in [1.165, 1.54) is 4.90 Å². The van der Waals surface area contributed by atoms with Gasteiger partial charge in [-0.2, -0.15) is 0 Å². The molecule has 1 aliphatic heterocycles. The standard InChI is InChI=1S/C12H11Br2NO3/c13-7-3-4-9(14)8(6-7)11(16)15-5-1-2-10(15)12(17)18/h3-4,6,10H,1-2,5H2,(H,17,18)/t10-/m0/s1. The van der Waals surface area contributed by atoms with Crippen molar-refractivity contribution in [2.75, 3.05) is 6.54 Å². The smallest absolute Gasteiger partial charge is 0.326 e. The molecule has 1 aliphatic rings. The fraction of sp³-hybridized carbons (Fsp3) is 0.333. The number of carboxylic acids is 1. The van der Waals surface area contributed by atoms with Crippen LogP contribution in [0.25, 0.3) is 0 Å². The highest BCUT2D eigenvalue weighted by Gasteiger charge is 2.34. The van der Waals surface area contributed by atoms with Crippen LogP contribution in [0.2, 0.25) is 0 Å². The van der Waals surface area contributed by atoms with Gasteiger partial charge in [-0.1, -0.05) is 15.9 Å². The number of rotatable bonds is 2. The predicted molar refractivity (Wildman–Crippen MR) is 73.5 cm³/mol. The number of carboxylic acid groups (broad SMARTS) is 1. The summed E-state index contributed by atoms with van der Waals surface area (Å²) < 4.78 is 1.46. The monoisotopic (exact) mass is 375 g/mol. The Morgan fingerprint density at radius 1 is 1.33 bits per heavy atom. The van der Waals surface area contributed by atoms with Crippen molar-refractivity contribution < 1.29 is 14.7 Å². The van der Waals surface area contributed by atoms with E-state index in [4.69, 9.17) is 5.11 Å². The maximum atomic E-state index is 12.3. The molecule has 0 spiro atoms. The van der Waals surface area contributed by atoms with Crippen molar-refractivity contribution >= 4 is 43.7 Å². The van der Waals surface area contributed by atoms with Gasteiger partial charge in [0.1, 0.15) is 6.04 Å². The van der Waals surface area contributed by atoms with Gasteiger partial charge >= 0.3 is 5.97 Å². The van der Waals surface area contributed by atoms with Crippen molar-refractivity contribution in [2.45, 2.75) is 18.9 Å². The molecule has 1 aromatic rings. The largest absolute Gasteiger partial charge is 0.480 e. The topological polar surface area (TPSA) is 57.6 Å². The molecule has 96 valence electrons. The molecule has 0 aliphatic carbocycles. The minimum absolute atomic E-state index is 0.243. The van der Waals surface area contributed by atoms with Crippen molar-refractivity contribution in [1.29, 1.82) is 0 Å². The molecule has 2 rings (SSSR count). The Kier molecular flexibility index (Phi) is 4.07. The summed E-state index contributed by atoms with van der Waals surface area (Å²) in [5.74, 6) is -1.18. The van der Waals surface area contributed by atoms with E-state index in [-0.39, 0.29) is 5.91 Å². The number of aliphatic carboxylic acids is 1. The zero-order valence-electron chi connectivity index (χ0n) is 9.40. The van der Waals surface area contributed by atoms with E-state index in [0.717, 1.165) is 10.9 Å². The van der Waals surface area contributed by atoms with Gasteiger partial charge in [0.25, 0.3) is 5.91 Å². The molecule has 0 bridgehead atoms. The summed E-state index contributed by atoms with van der Waals surface area (Å²) in [6, 6.07) is 4.58. The van der Waals surface area contributed by atoms with Gasteiger partial charge in [0.15, 0.2) is 0 Å². The predicted octanol–water partition coefficient (Wildman–Crippen LogP) is 2.90. The third-order valence-corrected chi connectivity index (χ3v) is 4.14. The van der Waals surface area contributed by atoms with E-state index in [2.05, 4.69) is 31.9 Å².